The molecule has 12 fully saturated rings. The lowest BCUT2D eigenvalue weighted by Crippen LogP contribution is -2.69. The Balaban J connectivity index is 0.000000120. The largest absolute Gasteiger partial charge is 0.303 e. The Bertz CT molecular complexity index is 1170. The lowest BCUT2D eigenvalue weighted by molar-refractivity contribution is -0.0804. The van der Waals surface area contributed by atoms with Crippen molar-refractivity contribution >= 4 is 0 Å². The highest BCUT2D eigenvalue weighted by Gasteiger charge is 2.45. The van der Waals surface area contributed by atoms with E-state index in [9.17, 15) is 0 Å². The predicted octanol–water partition coefficient (Wildman–Crippen LogP) is 4.70. The number of piperazine rings is 5. The van der Waals surface area contributed by atoms with Crippen LogP contribution >= 0.6 is 0 Å². The molecule has 10 atom stereocenters. The summed E-state index contributed by atoms with van der Waals surface area (Å²) in [5.41, 5.74) is 0. The van der Waals surface area contributed by atoms with Gasteiger partial charge in [0.15, 0.2) is 0 Å². The predicted molar refractivity (Wildman–Crippen MR) is 243 cm³/mol. The zero-order valence-electron chi connectivity index (χ0n) is 40.2. The van der Waals surface area contributed by atoms with Gasteiger partial charge >= 0.3 is 0 Å². The average molecular weight is 799 g/mol. The molecule has 12 aliphatic heterocycles. The minimum atomic E-state index is 0.738. The Labute approximate surface area is 353 Å². The third-order valence-electron chi connectivity index (χ3n) is 16.5. The average Bonchev–Trinajstić information content (AvgIpc) is 3.85. The minimum absolute atomic E-state index is 0.738. The number of fused-ring (bicyclic) bond motifs is 10. The van der Waals surface area contributed by atoms with E-state index >= 15 is 0 Å². The van der Waals surface area contributed by atoms with E-state index < -0.39 is 0 Å². The standard InChI is InChI=1S/2C10H20N2.3C9H18N2/c1-8(2)12-6-9-4-5-10(7-12)11(9)3;1-8(2)12-9-4-5-10(12)7-11(3)6-9;1-7(2)11-6-8-4-9(11)5-10(8)3;1-7(2)11-5-8-4-9(6-11)10(8)3;1-7(2)11-8-4-9(11)6-10(3)5-8/h2*8-10H,4-7H2,1-3H3;3*7-9H,4-6H2,1-3H3. The van der Waals surface area contributed by atoms with E-state index in [1.165, 1.54) is 110 Å². The molecule has 0 N–H and O–H groups in total. The van der Waals surface area contributed by atoms with Gasteiger partial charge in [0.1, 0.15) is 0 Å². The van der Waals surface area contributed by atoms with Crippen molar-refractivity contribution in [3.63, 3.8) is 0 Å². The Hall–Kier alpha value is -0.400. The van der Waals surface area contributed by atoms with Crippen LogP contribution in [0, 0.1) is 0 Å². The summed E-state index contributed by atoms with van der Waals surface area (Å²) in [5, 5.41) is 0. The molecule has 0 amide bonds. The number of likely N-dealkylation sites (tertiary alicyclic amines) is 4. The van der Waals surface area contributed by atoms with Crippen LogP contribution in [0.5, 0.6) is 0 Å². The van der Waals surface area contributed by atoms with Crippen molar-refractivity contribution < 1.29 is 0 Å². The number of nitrogens with zero attached hydrogens (tertiary/aromatic N) is 10. The molecule has 10 bridgehead atoms. The van der Waals surface area contributed by atoms with Gasteiger partial charge in [0.2, 0.25) is 0 Å². The molecule has 12 heterocycles. The van der Waals surface area contributed by atoms with E-state index in [0.717, 1.165) is 90.6 Å². The van der Waals surface area contributed by atoms with Gasteiger partial charge < -0.3 is 14.7 Å². The van der Waals surface area contributed by atoms with Crippen LogP contribution in [-0.2, 0) is 0 Å². The van der Waals surface area contributed by atoms with Crippen molar-refractivity contribution in [1.82, 2.24) is 49.0 Å². The highest BCUT2D eigenvalue weighted by atomic mass is 15.4. The van der Waals surface area contributed by atoms with Crippen molar-refractivity contribution in [1.29, 1.82) is 0 Å². The van der Waals surface area contributed by atoms with E-state index in [4.69, 9.17) is 0 Å². The fourth-order valence-electron chi connectivity index (χ4n) is 13.0. The van der Waals surface area contributed by atoms with Crippen molar-refractivity contribution in [3.05, 3.63) is 0 Å². The first-order chi connectivity index (χ1) is 26.9. The molecule has 0 aliphatic carbocycles. The van der Waals surface area contributed by atoms with Crippen LogP contribution in [0.1, 0.15) is 114 Å². The highest BCUT2D eigenvalue weighted by molar-refractivity contribution is 5.02. The second-order valence-corrected chi connectivity index (χ2v) is 22.1. The van der Waals surface area contributed by atoms with Crippen LogP contribution in [0.15, 0.2) is 0 Å². The molecule has 12 saturated heterocycles. The van der Waals surface area contributed by atoms with E-state index in [2.05, 4.69) is 153 Å². The maximum Gasteiger partial charge on any atom is 0.0244 e. The molecule has 12 aliphatic rings. The van der Waals surface area contributed by atoms with Crippen molar-refractivity contribution in [3.8, 4) is 0 Å². The fourth-order valence-corrected chi connectivity index (χ4v) is 13.0. The third kappa shape index (κ3) is 10.8. The van der Waals surface area contributed by atoms with E-state index in [1.807, 2.05) is 0 Å². The van der Waals surface area contributed by atoms with Crippen LogP contribution in [-0.4, -0.2) is 240 Å². The summed E-state index contributed by atoms with van der Waals surface area (Å²) in [5.74, 6) is 0. The van der Waals surface area contributed by atoms with Crippen LogP contribution in [0.2, 0.25) is 0 Å². The summed E-state index contributed by atoms with van der Waals surface area (Å²) in [6, 6.07) is 12.4. The van der Waals surface area contributed by atoms with Crippen molar-refractivity contribution in [2.45, 2.75) is 205 Å². The molecule has 0 radical (unpaired) electrons. The van der Waals surface area contributed by atoms with Gasteiger partial charge in [-0.25, -0.2) is 0 Å². The van der Waals surface area contributed by atoms with Gasteiger partial charge in [-0.2, -0.15) is 0 Å². The van der Waals surface area contributed by atoms with Gasteiger partial charge in [0.25, 0.3) is 0 Å². The second-order valence-electron chi connectivity index (χ2n) is 22.1. The maximum atomic E-state index is 2.72. The lowest BCUT2D eigenvalue weighted by Gasteiger charge is -2.57. The Morgan fingerprint density at radius 2 is 0.684 bits per heavy atom. The first-order valence-corrected chi connectivity index (χ1v) is 24.2. The topological polar surface area (TPSA) is 32.4 Å². The lowest BCUT2D eigenvalue weighted by atomic mass is 9.86. The summed E-state index contributed by atoms with van der Waals surface area (Å²) in [7, 11) is 11.3. The van der Waals surface area contributed by atoms with Gasteiger partial charge in [-0.1, -0.05) is 0 Å². The van der Waals surface area contributed by atoms with E-state index in [1.54, 1.807) is 0 Å². The van der Waals surface area contributed by atoms with Gasteiger partial charge in [0, 0.05) is 156 Å². The van der Waals surface area contributed by atoms with Crippen LogP contribution in [0.4, 0.5) is 0 Å². The SMILES string of the molecule is CC(C)N1C2CC1CN(C)C2.CC(C)N1C2CCC1CN(C)C2.CC(C)N1CC2CC(C1)N2C.CC(C)N1CC2CC1CN2C.CC(C)N1CC2CCC(C1)N2C. The molecule has 0 aromatic carbocycles. The summed E-state index contributed by atoms with van der Waals surface area (Å²) in [6.07, 6.45) is 9.99. The fraction of sp³-hybridized carbons (Fsp3) is 1.00. The first kappa shape index (κ1) is 46.1. The Morgan fingerprint density at radius 3 is 1.05 bits per heavy atom. The molecule has 0 spiro atoms. The van der Waals surface area contributed by atoms with Crippen LogP contribution < -0.4 is 0 Å². The van der Waals surface area contributed by atoms with Crippen molar-refractivity contribution in [2.24, 2.45) is 0 Å². The molecule has 12 rings (SSSR count). The Kier molecular flexibility index (Phi) is 16.0. The van der Waals surface area contributed by atoms with E-state index in [0.29, 0.717) is 0 Å². The van der Waals surface area contributed by atoms with Gasteiger partial charge in [-0.05, 0) is 149 Å². The zero-order chi connectivity index (χ0) is 41.5. The number of hydrogen-bond donors (Lipinski definition) is 0. The molecule has 0 aromatic rings. The Morgan fingerprint density at radius 1 is 0.316 bits per heavy atom. The number of likely N-dealkylation sites (N-methyl/N-ethyl adjacent to an activating group) is 5. The van der Waals surface area contributed by atoms with Crippen LogP contribution in [0.25, 0.3) is 0 Å². The molecular weight excluding hydrogens is 705 g/mol. The first-order valence-electron chi connectivity index (χ1n) is 24.2. The molecule has 10 nitrogen and oxygen atoms in total. The smallest absolute Gasteiger partial charge is 0.0244 e. The molecule has 0 aromatic heterocycles. The third-order valence-corrected chi connectivity index (χ3v) is 16.5. The summed E-state index contributed by atoms with van der Waals surface area (Å²) < 4.78 is 0. The highest BCUT2D eigenvalue weighted by Crippen LogP contribution is 2.35. The summed E-state index contributed by atoms with van der Waals surface area (Å²) >= 11 is 0. The molecular formula is C47H94N10. The number of piperidine rings is 2. The zero-order valence-corrected chi connectivity index (χ0v) is 40.2. The second kappa shape index (κ2) is 19.8. The molecule has 10 unspecified atom stereocenters. The number of rotatable bonds is 5. The quantitative estimate of drug-likeness (QED) is 0.391. The maximum absolute atomic E-state index is 2.72. The molecule has 332 valence electrons. The van der Waals surface area contributed by atoms with Gasteiger partial charge in [0.05, 0.1) is 0 Å². The number of hydrogen-bond acceptors (Lipinski definition) is 10. The summed E-state index contributed by atoms with van der Waals surface area (Å²) in [4.78, 5) is 25.8. The van der Waals surface area contributed by atoms with Crippen LogP contribution in [0.3, 0.4) is 0 Å². The van der Waals surface area contributed by atoms with Crippen molar-refractivity contribution in [2.75, 3.05) is 101 Å². The minimum Gasteiger partial charge on any atom is -0.303 e. The van der Waals surface area contributed by atoms with Gasteiger partial charge in [-0.3, -0.25) is 34.3 Å². The molecule has 57 heavy (non-hydrogen) atoms. The monoisotopic (exact) mass is 799 g/mol. The molecule has 0 saturated carbocycles. The molecule has 10 heteroatoms. The van der Waals surface area contributed by atoms with E-state index in [-0.39, 0.29) is 0 Å². The summed E-state index contributed by atoms with van der Waals surface area (Å²) in [6.45, 7) is 36.0. The van der Waals surface area contributed by atoms with Gasteiger partial charge in [-0.15, -0.1) is 0 Å². The normalized spacial score (nSPS) is 38.7.